The predicted octanol–water partition coefficient (Wildman–Crippen LogP) is 5.75. The van der Waals surface area contributed by atoms with E-state index in [4.69, 9.17) is 9.47 Å². The zero-order valence-corrected chi connectivity index (χ0v) is 20.7. The third-order valence-corrected chi connectivity index (χ3v) is 5.54. The molecule has 1 atom stereocenters. The second-order valence-electron chi connectivity index (χ2n) is 9.70. The number of anilines is 1. The number of carbonyl (C=O) groups excluding carboxylic acids is 3. The van der Waals surface area contributed by atoms with Gasteiger partial charge in [0.2, 0.25) is 5.91 Å². The Labute approximate surface area is 196 Å². The van der Waals surface area contributed by atoms with E-state index in [9.17, 15) is 14.4 Å². The van der Waals surface area contributed by atoms with Gasteiger partial charge in [-0.25, -0.2) is 4.79 Å². The Bertz CT molecular complexity index is 1000. The van der Waals surface area contributed by atoms with E-state index in [1.165, 1.54) is 7.11 Å². The fourth-order valence-corrected chi connectivity index (χ4v) is 4.00. The second-order valence-corrected chi connectivity index (χ2v) is 9.70. The second kappa shape index (κ2) is 11.1. The fourth-order valence-electron chi connectivity index (χ4n) is 4.00. The summed E-state index contributed by atoms with van der Waals surface area (Å²) in [4.78, 5) is 36.4. The van der Waals surface area contributed by atoms with Gasteiger partial charge in [-0.05, 0) is 53.0 Å². The average Bonchev–Trinajstić information content (AvgIpc) is 2.76. The molecule has 0 bridgehead atoms. The molecule has 0 aromatic heterocycles. The summed E-state index contributed by atoms with van der Waals surface area (Å²) in [5.74, 6) is 0.244. The summed E-state index contributed by atoms with van der Waals surface area (Å²) in [6.45, 7) is 10.4. The van der Waals surface area contributed by atoms with Crippen LogP contribution in [0.15, 0.2) is 36.4 Å². The summed E-state index contributed by atoms with van der Waals surface area (Å²) in [7, 11) is 2.89. The number of hydrogen-bond acceptors (Lipinski definition) is 5. The molecule has 0 saturated heterocycles. The molecule has 6 heteroatoms. The first-order chi connectivity index (χ1) is 15.5. The van der Waals surface area contributed by atoms with Gasteiger partial charge in [0.05, 0.1) is 19.8 Å². The lowest BCUT2D eigenvalue weighted by Gasteiger charge is -2.25. The van der Waals surface area contributed by atoms with Crippen molar-refractivity contribution in [3.63, 3.8) is 0 Å². The molecule has 1 N–H and O–H groups in total. The number of aldehydes is 1. The molecule has 1 amide bonds. The molecule has 0 aliphatic rings. The number of benzene rings is 2. The Hall–Kier alpha value is -3.15. The highest BCUT2D eigenvalue weighted by atomic mass is 16.5. The molecule has 0 spiro atoms. The molecule has 0 fully saturated rings. The van der Waals surface area contributed by atoms with Crippen LogP contribution in [0.5, 0.6) is 5.75 Å². The first-order valence-corrected chi connectivity index (χ1v) is 11.2. The van der Waals surface area contributed by atoms with Crippen molar-refractivity contribution in [2.24, 2.45) is 5.92 Å². The molecule has 2 rings (SSSR count). The topological polar surface area (TPSA) is 81.7 Å². The number of rotatable bonds is 9. The molecule has 33 heavy (non-hydrogen) atoms. The minimum absolute atomic E-state index is 0.0949. The summed E-state index contributed by atoms with van der Waals surface area (Å²) in [6, 6.07) is 10.5. The van der Waals surface area contributed by atoms with Gasteiger partial charge in [0.15, 0.2) is 0 Å². The number of ether oxygens (including phenoxy) is 2. The summed E-state index contributed by atoms with van der Waals surface area (Å²) < 4.78 is 10.4. The van der Waals surface area contributed by atoms with Crippen molar-refractivity contribution in [2.75, 3.05) is 19.5 Å². The Morgan fingerprint density at radius 3 is 2.30 bits per heavy atom. The van der Waals surface area contributed by atoms with Crippen LogP contribution >= 0.6 is 0 Å². The predicted molar refractivity (Wildman–Crippen MR) is 130 cm³/mol. The first kappa shape index (κ1) is 26.1. The molecule has 2 aromatic rings. The zero-order chi connectivity index (χ0) is 24.8. The molecule has 0 aliphatic heterocycles. The van der Waals surface area contributed by atoms with Gasteiger partial charge in [-0.1, -0.05) is 52.8 Å². The third kappa shape index (κ3) is 6.91. The highest BCUT2D eigenvalue weighted by Crippen LogP contribution is 2.36. The zero-order valence-electron chi connectivity index (χ0n) is 20.7. The third-order valence-electron chi connectivity index (χ3n) is 5.54. The number of hydrogen-bond donors (Lipinski definition) is 1. The largest absolute Gasteiger partial charge is 0.496 e. The molecular formula is C27H35NO5. The van der Waals surface area contributed by atoms with Crippen LogP contribution in [0.25, 0.3) is 0 Å². The van der Waals surface area contributed by atoms with Gasteiger partial charge >= 0.3 is 5.97 Å². The highest BCUT2D eigenvalue weighted by molar-refractivity contribution is 5.96. The highest BCUT2D eigenvalue weighted by Gasteiger charge is 2.24. The fraction of sp³-hybridized carbons (Fsp3) is 0.444. The van der Waals surface area contributed by atoms with Crippen LogP contribution < -0.4 is 10.1 Å². The van der Waals surface area contributed by atoms with Crippen LogP contribution in [-0.2, 0) is 14.9 Å². The van der Waals surface area contributed by atoms with Gasteiger partial charge in [-0.15, -0.1) is 0 Å². The SMILES string of the molecule is COC(=O)c1ccc(C(C)(C)C)c(NC(=O)CC(CC(C)C)c2ccc(C=O)cc2OC)c1. The molecule has 0 saturated carbocycles. The molecule has 1 unspecified atom stereocenters. The van der Waals surface area contributed by atoms with Crippen LogP contribution in [0, 0.1) is 5.92 Å². The van der Waals surface area contributed by atoms with E-state index in [2.05, 4.69) is 39.9 Å². The minimum atomic E-state index is -0.455. The molecular weight excluding hydrogens is 418 g/mol. The van der Waals surface area contributed by atoms with E-state index in [0.29, 0.717) is 28.5 Å². The van der Waals surface area contributed by atoms with Crippen LogP contribution in [0.2, 0.25) is 0 Å². The Kier molecular flexibility index (Phi) is 8.80. The summed E-state index contributed by atoms with van der Waals surface area (Å²) in [5.41, 5.74) is 3.09. The lowest BCUT2D eigenvalue weighted by molar-refractivity contribution is -0.116. The Morgan fingerprint density at radius 2 is 1.76 bits per heavy atom. The summed E-state index contributed by atoms with van der Waals surface area (Å²) in [6.07, 6.45) is 1.79. The van der Waals surface area contributed by atoms with Crippen LogP contribution in [0.3, 0.4) is 0 Å². The van der Waals surface area contributed by atoms with Crippen molar-refractivity contribution >= 4 is 23.9 Å². The minimum Gasteiger partial charge on any atom is -0.496 e. The first-order valence-electron chi connectivity index (χ1n) is 11.2. The van der Waals surface area contributed by atoms with Crippen molar-refractivity contribution in [2.45, 2.75) is 58.8 Å². The molecule has 0 radical (unpaired) electrons. The Morgan fingerprint density at radius 1 is 1.06 bits per heavy atom. The lowest BCUT2D eigenvalue weighted by Crippen LogP contribution is -2.21. The summed E-state index contributed by atoms with van der Waals surface area (Å²) in [5, 5.41) is 3.03. The smallest absolute Gasteiger partial charge is 0.337 e. The van der Waals surface area contributed by atoms with E-state index in [1.54, 1.807) is 31.4 Å². The van der Waals surface area contributed by atoms with Gasteiger partial charge in [-0.2, -0.15) is 0 Å². The van der Waals surface area contributed by atoms with Gasteiger partial charge in [-0.3, -0.25) is 9.59 Å². The molecule has 6 nitrogen and oxygen atoms in total. The number of carbonyl (C=O) groups is 3. The monoisotopic (exact) mass is 453 g/mol. The standard InChI is InChI=1S/C27H35NO5/c1-17(2)12-20(21-10-8-18(16-29)13-24(21)32-6)15-25(30)28-23-14-19(26(31)33-7)9-11-22(23)27(3,4)5/h8-11,13-14,16-17,20H,12,15H2,1-7H3,(H,28,30). The average molecular weight is 454 g/mol. The van der Waals surface area contributed by atoms with E-state index in [0.717, 1.165) is 23.8 Å². The normalized spacial score (nSPS) is 12.2. The van der Waals surface area contributed by atoms with Gasteiger partial charge < -0.3 is 14.8 Å². The van der Waals surface area contributed by atoms with Crippen molar-refractivity contribution in [1.29, 1.82) is 0 Å². The molecule has 0 heterocycles. The summed E-state index contributed by atoms with van der Waals surface area (Å²) >= 11 is 0. The van der Waals surface area contributed by atoms with E-state index < -0.39 is 5.97 Å². The van der Waals surface area contributed by atoms with Gasteiger partial charge in [0.1, 0.15) is 12.0 Å². The maximum Gasteiger partial charge on any atom is 0.337 e. The van der Waals surface area contributed by atoms with Gasteiger partial charge in [0, 0.05) is 17.7 Å². The number of amides is 1. The molecule has 178 valence electrons. The van der Waals surface area contributed by atoms with Crippen molar-refractivity contribution in [3.05, 3.63) is 58.7 Å². The van der Waals surface area contributed by atoms with E-state index in [-0.39, 0.29) is 23.7 Å². The van der Waals surface area contributed by atoms with E-state index >= 15 is 0 Å². The van der Waals surface area contributed by atoms with Crippen LogP contribution in [-0.4, -0.2) is 32.4 Å². The van der Waals surface area contributed by atoms with E-state index in [1.807, 2.05) is 12.1 Å². The maximum atomic E-state index is 13.2. The lowest BCUT2D eigenvalue weighted by atomic mass is 9.84. The van der Waals surface area contributed by atoms with Gasteiger partial charge in [0.25, 0.3) is 0 Å². The van der Waals surface area contributed by atoms with Crippen LogP contribution in [0.4, 0.5) is 5.69 Å². The van der Waals surface area contributed by atoms with Crippen LogP contribution in [0.1, 0.15) is 85.2 Å². The molecule has 2 aromatic carbocycles. The number of esters is 1. The Balaban J connectivity index is 2.38. The number of nitrogens with one attached hydrogen (secondary N) is 1. The van der Waals surface area contributed by atoms with Crippen molar-refractivity contribution < 1.29 is 23.9 Å². The van der Waals surface area contributed by atoms with Crippen molar-refractivity contribution in [1.82, 2.24) is 0 Å². The van der Waals surface area contributed by atoms with Crippen molar-refractivity contribution in [3.8, 4) is 5.75 Å². The number of methoxy groups -OCH3 is 2. The quantitative estimate of drug-likeness (QED) is 0.386. The molecule has 0 aliphatic carbocycles. The maximum absolute atomic E-state index is 13.2.